The standard InChI is InChI=1S/C33H45N3O13S/c1-2-3-13-26(38)36(20-10-5-4-9-19-34-31(41)22-11-7-6-8-12-22)21-18-25(37)35-23-14-16-24(17-15-23)47-33-30(49-50(44,45)46)28(40)27(39)29(48-33)32(42)43/h6-8,11-12,14-17,27-30,33,39-40H,2-5,9-10,13,18-21H2,1H3,(H,34,41)(H,35,37)(H,42,43)(H,44,45,46). The van der Waals surface area contributed by atoms with Crippen molar-refractivity contribution in [1.29, 1.82) is 0 Å². The van der Waals surface area contributed by atoms with E-state index in [0.29, 0.717) is 30.8 Å². The normalized spacial score (nSPS) is 20.4. The Kier molecular flexibility index (Phi) is 16.0. The molecule has 276 valence electrons. The molecule has 50 heavy (non-hydrogen) atoms. The van der Waals surface area contributed by atoms with E-state index in [1.54, 1.807) is 17.0 Å². The third-order valence-corrected chi connectivity index (χ3v) is 8.26. The largest absolute Gasteiger partial charge is 0.479 e. The Morgan fingerprint density at radius 1 is 0.880 bits per heavy atom. The first-order chi connectivity index (χ1) is 23.8. The van der Waals surface area contributed by atoms with Crippen LogP contribution in [0.2, 0.25) is 0 Å². The molecule has 0 aliphatic carbocycles. The molecular formula is C33H45N3O13S. The van der Waals surface area contributed by atoms with E-state index in [0.717, 1.165) is 38.5 Å². The van der Waals surface area contributed by atoms with Gasteiger partial charge in [-0.15, -0.1) is 0 Å². The third kappa shape index (κ3) is 13.3. The number of carboxylic acids is 1. The van der Waals surface area contributed by atoms with Crippen LogP contribution in [-0.2, 0) is 33.7 Å². The number of hydrogen-bond donors (Lipinski definition) is 6. The van der Waals surface area contributed by atoms with Gasteiger partial charge in [-0.2, -0.15) is 8.42 Å². The Hall–Kier alpha value is -4.13. The molecule has 3 amide bonds. The minimum Gasteiger partial charge on any atom is -0.479 e. The number of amides is 3. The number of anilines is 1. The first-order valence-electron chi connectivity index (χ1n) is 16.4. The highest BCUT2D eigenvalue weighted by molar-refractivity contribution is 7.80. The lowest BCUT2D eigenvalue weighted by Gasteiger charge is -2.39. The van der Waals surface area contributed by atoms with Crippen LogP contribution in [0.4, 0.5) is 5.69 Å². The van der Waals surface area contributed by atoms with Crippen LogP contribution in [0.15, 0.2) is 54.6 Å². The quantitative estimate of drug-likeness (QED) is 0.0849. The Bertz CT molecular complexity index is 1510. The van der Waals surface area contributed by atoms with Gasteiger partial charge >= 0.3 is 16.4 Å². The number of unbranched alkanes of at least 4 members (excludes halogenated alkanes) is 4. The minimum atomic E-state index is -5.17. The molecule has 3 rings (SSSR count). The lowest BCUT2D eigenvalue weighted by molar-refractivity contribution is -0.265. The lowest BCUT2D eigenvalue weighted by Crippen LogP contribution is -2.62. The van der Waals surface area contributed by atoms with Crippen molar-refractivity contribution < 1.29 is 61.1 Å². The molecule has 0 aromatic heterocycles. The number of aliphatic hydroxyl groups excluding tert-OH is 2. The van der Waals surface area contributed by atoms with Crippen molar-refractivity contribution in [3.05, 3.63) is 60.2 Å². The Balaban J connectivity index is 1.48. The van der Waals surface area contributed by atoms with Crippen molar-refractivity contribution in [1.82, 2.24) is 10.2 Å². The van der Waals surface area contributed by atoms with Gasteiger partial charge in [-0.05, 0) is 55.7 Å². The molecule has 1 aliphatic rings. The topological polar surface area (TPSA) is 238 Å². The monoisotopic (exact) mass is 723 g/mol. The fourth-order valence-corrected chi connectivity index (χ4v) is 5.60. The molecule has 16 nitrogen and oxygen atoms in total. The number of nitrogens with zero attached hydrogens (tertiary/aromatic N) is 1. The maximum atomic E-state index is 12.8. The van der Waals surface area contributed by atoms with E-state index >= 15 is 0 Å². The number of aliphatic carboxylic acids is 1. The highest BCUT2D eigenvalue weighted by Gasteiger charge is 2.51. The number of carbonyl (C=O) groups is 4. The van der Waals surface area contributed by atoms with Gasteiger partial charge < -0.3 is 40.3 Å². The maximum Gasteiger partial charge on any atom is 0.397 e. The van der Waals surface area contributed by atoms with Crippen LogP contribution >= 0.6 is 0 Å². The summed E-state index contributed by atoms with van der Waals surface area (Å²) in [5, 5.41) is 35.2. The summed E-state index contributed by atoms with van der Waals surface area (Å²) in [6.45, 7) is 3.26. The van der Waals surface area contributed by atoms with Crippen LogP contribution in [-0.4, -0.2) is 107 Å². The minimum absolute atomic E-state index is 0.0177. The average Bonchev–Trinajstić information content (AvgIpc) is 3.08. The smallest absolute Gasteiger partial charge is 0.397 e. The van der Waals surface area contributed by atoms with Crippen molar-refractivity contribution in [2.24, 2.45) is 0 Å². The lowest BCUT2D eigenvalue weighted by atomic mass is 9.99. The van der Waals surface area contributed by atoms with Gasteiger partial charge in [0.1, 0.15) is 18.0 Å². The van der Waals surface area contributed by atoms with Crippen molar-refractivity contribution >= 4 is 39.8 Å². The second kappa shape index (κ2) is 19.9. The van der Waals surface area contributed by atoms with Gasteiger partial charge in [-0.25, -0.2) is 8.98 Å². The summed E-state index contributed by atoms with van der Waals surface area (Å²) in [6, 6.07) is 14.5. The van der Waals surface area contributed by atoms with Crippen LogP contribution in [0.25, 0.3) is 0 Å². The molecule has 5 unspecified atom stereocenters. The molecule has 6 N–H and O–H groups in total. The molecule has 0 radical (unpaired) electrons. The van der Waals surface area contributed by atoms with Crippen LogP contribution in [0.3, 0.4) is 0 Å². The maximum absolute atomic E-state index is 12.8. The van der Waals surface area contributed by atoms with E-state index in [-0.39, 0.29) is 36.4 Å². The van der Waals surface area contributed by atoms with E-state index < -0.39 is 47.1 Å². The SMILES string of the molecule is CCCCC(=O)N(CCCCCCNC(=O)c1ccccc1)CCC(=O)Nc1ccc(OC2OC(C(=O)O)C(O)C(O)C2OS(=O)(=O)O)cc1. The van der Waals surface area contributed by atoms with Crippen LogP contribution in [0.5, 0.6) is 5.75 Å². The fraction of sp³-hybridized carbons (Fsp3) is 0.515. The van der Waals surface area contributed by atoms with Gasteiger partial charge in [0.2, 0.25) is 18.1 Å². The first kappa shape index (κ1) is 40.3. The molecule has 1 saturated heterocycles. The Morgan fingerprint density at radius 2 is 1.56 bits per heavy atom. The predicted octanol–water partition coefficient (Wildman–Crippen LogP) is 2.12. The van der Waals surface area contributed by atoms with Crippen LogP contribution in [0, 0.1) is 0 Å². The van der Waals surface area contributed by atoms with Crippen molar-refractivity contribution in [3.8, 4) is 5.75 Å². The van der Waals surface area contributed by atoms with Crippen molar-refractivity contribution in [2.45, 2.75) is 89.0 Å². The molecule has 0 bridgehead atoms. The number of ether oxygens (including phenoxy) is 2. The summed E-state index contributed by atoms with van der Waals surface area (Å²) in [5.74, 6) is -2.19. The molecule has 17 heteroatoms. The summed E-state index contributed by atoms with van der Waals surface area (Å²) in [5.41, 5.74) is 0.957. The number of nitrogens with one attached hydrogen (secondary N) is 2. The van der Waals surface area contributed by atoms with E-state index in [1.807, 2.05) is 25.1 Å². The van der Waals surface area contributed by atoms with E-state index in [2.05, 4.69) is 14.8 Å². The Morgan fingerprint density at radius 3 is 2.20 bits per heavy atom. The van der Waals surface area contributed by atoms with Gasteiger partial charge in [0.05, 0.1) is 0 Å². The zero-order valence-electron chi connectivity index (χ0n) is 27.7. The van der Waals surface area contributed by atoms with Gasteiger partial charge in [-0.3, -0.25) is 18.9 Å². The molecule has 0 spiro atoms. The number of hydrogen-bond acceptors (Lipinski definition) is 11. The zero-order valence-corrected chi connectivity index (χ0v) is 28.5. The summed E-state index contributed by atoms with van der Waals surface area (Å²) >= 11 is 0. The Labute approximate surface area is 290 Å². The molecule has 1 heterocycles. The van der Waals surface area contributed by atoms with Gasteiger partial charge in [0.25, 0.3) is 5.91 Å². The fourth-order valence-electron chi connectivity index (χ4n) is 5.11. The third-order valence-electron chi connectivity index (χ3n) is 7.79. The van der Waals surface area contributed by atoms with E-state index in [1.165, 1.54) is 24.3 Å². The van der Waals surface area contributed by atoms with Crippen LogP contribution in [0.1, 0.15) is 68.6 Å². The number of carboxylic acid groups (broad SMARTS) is 1. The number of carbonyl (C=O) groups excluding carboxylic acids is 3. The summed E-state index contributed by atoms with van der Waals surface area (Å²) in [6.07, 6.45) is -4.84. The zero-order chi connectivity index (χ0) is 36.7. The van der Waals surface area contributed by atoms with E-state index in [9.17, 15) is 42.9 Å². The molecule has 5 atom stereocenters. The molecule has 0 saturated carbocycles. The highest BCUT2D eigenvalue weighted by Crippen LogP contribution is 2.28. The molecular weight excluding hydrogens is 678 g/mol. The predicted molar refractivity (Wildman–Crippen MR) is 178 cm³/mol. The average molecular weight is 724 g/mol. The highest BCUT2D eigenvalue weighted by atomic mass is 32.3. The molecule has 2 aromatic rings. The second-order valence-corrected chi connectivity index (χ2v) is 12.7. The molecule has 2 aromatic carbocycles. The van der Waals surface area contributed by atoms with Crippen molar-refractivity contribution in [2.75, 3.05) is 25.0 Å². The summed E-state index contributed by atoms with van der Waals surface area (Å²) < 4.78 is 46.6. The second-order valence-electron chi connectivity index (χ2n) is 11.7. The summed E-state index contributed by atoms with van der Waals surface area (Å²) in [7, 11) is -5.17. The van der Waals surface area contributed by atoms with Gasteiger partial charge in [0, 0.05) is 43.7 Å². The molecule has 1 aliphatic heterocycles. The first-order valence-corrected chi connectivity index (χ1v) is 17.7. The van der Waals surface area contributed by atoms with E-state index in [4.69, 9.17) is 14.0 Å². The van der Waals surface area contributed by atoms with Crippen molar-refractivity contribution in [3.63, 3.8) is 0 Å². The number of aliphatic hydroxyl groups is 2. The number of rotatable bonds is 20. The van der Waals surface area contributed by atoms with Crippen LogP contribution < -0.4 is 15.4 Å². The van der Waals surface area contributed by atoms with Gasteiger partial charge in [0.15, 0.2) is 12.2 Å². The molecule has 1 fully saturated rings. The number of benzene rings is 2. The summed E-state index contributed by atoms with van der Waals surface area (Å²) in [4.78, 5) is 50.9. The van der Waals surface area contributed by atoms with Gasteiger partial charge in [-0.1, -0.05) is 44.4 Å².